The quantitative estimate of drug-likeness (QED) is 0.755. The van der Waals surface area contributed by atoms with Crippen molar-refractivity contribution in [3.05, 3.63) is 71.8 Å². The van der Waals surface area contributed by atoms with Gasteiger partial charge in [0.1, 0.15) is 0 Å². The molecule has 0 aliphatic rings. The molecule has 2 atom stereocenters. The highest BCUT2D eigenvalue weighted by atomic mass is 14.7. The summed E-state index contributed by atoms with van der Waals surface area (Å²) in [7, 11) is 0. The summed E-state index contributed by atoms with van der Waals surface area (Å²) in [6.07, 6.45) is 3.81. The van der Waals surface area contributed by atoms with Crippen molar-refractivity contribution < 1.29 is 0 Å². The second kappa shape index (κ2) is 14.9. The van der Waals surface area contributed by atoms with Crippen LogP contribution in [0.1, 0.15) is 51.7 Å². The van der Waals surface area contributed by atoms with Crippen LogP contribution in [0.3, 0.4) is 0 Å². The first kappa shape index (κ1) is 22.4. The highest BCUT2D eigenvalue weighted by Crippen LogP contribution is 2.10. The van der Waals surface area contributed by atoms with Crippen molar-refractivity contribution in [3.8, 4) is 0 Å². The number of rotatable bonds is 7. The Morgan fingerprint density at radius 1 is 0.583 bits per heavy atom. The molecule has 0 bridgehead atoms. The van der Waals surface area contributed by atoms with Gasteiger partial charge in [0.05, 0.1) is 0 Å². The predicted molar refractivity (Wildman–Crippen MR) is 108 cm³/mol. The van der Waals surface area contributed by atoms with Crippen LogP contribution in [0.2, 0.25) is 0 Å². The van der Waals surface area contributed by atoms with E-state index in [1.54, 1.807) is 0 Å². The summed E-state index contributed by atoms with van der Waals surface area (Å²) < 4.78 is 0. The topological polar surface area (TPSA) is 52.0 Å². The first-order valence-corrected chi connectivity index (χ1v) is 9.33. The summed E-state index contributed by atoms with van der Waals surface area (Å²) in [5.41, 5.74) is 15.0. The minimum atomic E-state index is 0.194. The Labute approximate surface area is 149 Å². The molecule has 0 fully saturated rings. The third-order valence-corrected chi connectivity index (χ3v) is 3.59. The van der Waals surface area contributed by atoms with Crippen LogP contribution in [0.5, 0.6) is 0 Å². The van der Waals surface area contributed by atoms with E-state index in [4.69, 9.17) is 11.5 Å². The van der Waals surface area contributed by atoms with Crippen LogP contribution in [0, 0.1) is 0 Å². The molecule has 2 aromatic rings. The Bertz CT molecular complexity index is 434. The molecule has 0 aromatic heterocycles. The van der Waals surface area contributed by atoms with Crippen LogP contribution in [0.25, 0.3) is 0 Å². The van der Waals surface area contributed by atoms with Crippen LogP contribution < -0.4 is 11.5 Å². The molecule has 134 valence electrons. The van der Waals surface area contributed by atoms with E-state index in [1.807, 2.05) is 39.8 Å². The molecule has 0 radical (unpaired) electrons. The van der Waals surface area contributed by atoms with Gasteiger partial charge in [-0.1, -0.05) is 88.4 Å². The van der Waals surface area contributed by atoms with E-state index in [0.717, 1.165) is 25.7 Å². The van der Waals surface area contributed by atoms with Gasteiger partial charge in [-0.2, -0.15) is 0 Å². The smallest absolute Gasteiger partial charge is 0.00799 e. The third kappa shape index (κ3) is 10.2. The summed E-state index contributed by atoms with van der Waals surface area (Å²) in [6.45, 7) is 8.00. The van der Waals surface area contributed by atoms with E-state index >= 15 is 0 Å². The monoisotopic (exact) mass is 328 g/mol. The molecule has 0 saturated heterocycles. The number of benzene rings is 2. The largest absolute Gasteiger partial charge is 0.327 e. The molecule has 0 amide bonds. The second-order valence-electron chi connectivity index (χ2n) is 5.48. The van der Waals surface area contributed by atoms with Gasteiger partial charge in [-0.15, -0.1) is 0 Å². The van der Waals surface area contributed by atoms with Gasteiger partial charge in [0.2, 0.25) is 0 Å². The zero-order valence-corrected chi connectivity index (χ0v) is 15.9. The lowest BCUT2D eigenvalue weighted by Crippen LogP contribution is -2.29. The SMILES string of the molecule is CC.CC.N[C@@H](CC[C@H](N)Cc1ccccc1)Cc1ccccc1. The minimum absolute atomic E-state index is 0.194. The molecular formula is C22H36N2. The van der Waals surface area contributed by atoms with E-state index in [0.29, 0.717) is 0 Å². The van der Waals surface area contributed by atoms with Crippen LogP contribution in [0.15, 0.2) is 60.7 Å². The Hall–Kier alpha value is -1.64. The number of nitrogens with two attached hydrogens (primary N) is 2. The lowest BCUT2D eigenvalue weighted by Gasteiger charge is -2.16. The molecule has 2 aromatic carbocycles. The van der Waals surface area contributed by atoms with Crippen molar-refractivity contribution in [2.75, 3.05) is 0 Å². The van der Waals surface area contributed by atoms with Crippen LogP contribution in [-0.2, 0) is 12.8 Å². The van der Waals surface area contributed by atoms with Gasteiger partial charge in [0, 0.05) is 12.1 Å². The molecule has 2 heteroatoms. The third-order valence-electron chi connectivity index (χ3n) is 3.59. The molecule has 2 rings (SSSR count). The van der Waals surface area contributed by atoms with Gasteiger partial charge in [0.25, 0.3) is 0 Å². The van der Waals surface area contributed by atoms with Crippen LogP contribution in [-0.4, -0.2) is 12.1 Å². The first-order valence-electron chi connectivity index (χ1n) is 9.33. The fraction of sp³-hybridized carbons (Fsp3) is 0.455. The first-order chi connectivity index (χ1) is 11.7. The van der Waals surface area contributed by atoms with E-state index in [9.17, 15) is 0 Å². The van der Waals surface area contributed by atoms with Crippen molar-refractivity contribution >= 4 is 0 Å². The van der Waals surface area contributed by atoms with E-state index in [-0.39, 0.29) is 12.1 Å². The second-order valence-corrected chi connectivity index (χ2v) is 5.48. The molecule has 0 aliphatic heterocycles. The zero-order chi connectivity index (χ0) is 18.2. The van der Waals surface area contributed by atoms with Gasteiger partial charge >= 0.3 is 0 Å². The Balaban J connectivity index is 0.00000123. The highest BCUT2D eigenvalue weighted by Gasteiger charge is 2.08. The molecule has 2 nitrogen and oxygen atoms in total. The van der Waals surface area contributed by atoms with E-state index in [2.05, 4.69) is 48.5 Å². The Morgan fingerprint density at radius 3 is 1.17 bits per heavy atom. The lowest BCUT2D eigenvalue weighted by molar-refractivity contribution is 0.514. The average Bonchev–Trinajstić information content (AvgIpc) is 2.65. The van der Waals surface area contributed by atoms with Crippen LogP contribution in [0.4, 0.5) is 0 Å². The molecule has 0 heterocycles. The molecule has 4 N–H and O–H groups in total. The van der Waals surface area contributed by atoms with Gasteiger partial charge in [-0.05, 0) is 36.8 Å². The summed E-state index contributed by atoms with van der Waals surface area (Å²) in [6, 6.07) is 21.2. The molecule has 0 unspecified atom stereocenters. The summed E-state index contributed by atoms with van der Waals surface area (Å²) in [5.74, 6) is 0. The van der Waals surface area contributed by atoms with Crippen molar-refractivity contribution in [2.24, 2.45) is 11.5 Å². The molecular weight excluding hydrogens is 292 g/mol. The predicted octanol–water partition coefficient (Wildman–Crippen LogP) is 4.96. The average molecular weight is 329 g/mol. The number of hydrogen-bond donors (Lipinski definition) is 2. The molecule has 0 spiro atoms. The molecule has 24 heavy (non-hydrogen) atoms. The van der Waals surface area contributed by atoms with E-state index in [1.165, 1.54) is 11.1 Å². The summed E-state index contributed by atoms with van der Waals surface area (Å²) in [5, 5.41) is 0. The fourth-order valence-electron chi connectivity index (χ4n) is 2.47. The molecule has 0 aliphatic carbocycles. The van der Waals surface area contributed by atoms with Crippen LogP contribution >= 0.6 is 0 Å². The van der Waals surface area contributed by atoms with Gasteiger partial charge in [-0.25, -0.2) is 0 Å². The van der Waals surface area contributed by atoms with Gasteiger partial charge < -0.3 is 11.5 Å². The minimum Gasteiger partial charge on any atom is -0.327 e. The Kier molecular flexibility index (Phi) is 13.9. The van der Waals surface area contributed by atoms with Crippen molar-refractivity contribution in [1.29, 1.82) is 0 Å². The molecule has 0 saturated carbocycles. The van der Waals surface area contributed by atoms with Gasteiger partial charge in [-0.3, -0.25) is 0 Å². The fourth-order valence-corrected chi connectivity index (χ4v) is 2.47. The number of hydrogen-bond acceptors (Lipinski definition) is 2. The maximum absolute atomic E-state index is 6.19. The van der Waals surface area contributed by atoms with E-state index < -0.39 is 0 Å². The standard InChI is InChI=1S/C18H24N2.2C2H6/c19-17(13-15-7-3-1-4-8-15)11-12-18(20)14-16-9-5-2-6-10-16;2*1-2/h1-10,17-18H,11-14,19-20H2;2*1-2H3/t17-,18-;;/m0../s1. The summed E-state index contributed by atoms with van der Waals surface area (Å²) in [4.78, 5) is 0. The highest BCUT2D eigenvalue weighted by molar-refractivity contribution is 5.16. The zero-order valence-electron chi connectivity index (χ0n) is 15.9. The maximum Gasteiger partial charge on any atom is 0.00799 e. The van der Waals surface area contributed by atoms with Gasteiger partial charge in [0.15, 0.2) is 0 Å². The van der Waals surface area contributed by atoms with Crippen molar-refractivity contribution in [2.45, 2.75) is 65.5 Å². The van der Waals surface area contributed by atoms with Crippen molar-refractivity contribution in [1.82, 2.24) is 0 Å². The Morgan fingerprint density at radius 2 is 0.875 bits per heavy atom. The lowest BCUT2D eigenvalue weighted by atomic mass is 9.97. The normalized spacial score (nSPS) is 12.1. The maximum atomic E-state index is 6.19. The van der Waals surface area contributed by atoms with Crippen molar-refractivity contribution in [3.63, 3.8) is 0 Å². The summed E-state index contributed by atoms with van der Waals surface area (Å²) >= 11 is 0.